The second-order valence-electron chi connectivity index (χ2n) is 8.89. The first-order valence-corrected chi connectivity index (χ1v) is 10.6. The molecule has 4 nitrogen and oxygen atoms in total. The molecule has 154 valence electrons. The van der Waals surface area contributed by atoms with E-state index in [0.29, 0.717) is 6.04 Å². The highest BCUT2D eigenvalue weighted by atomic mass is 16.5. The minimum Gasteiger partial charge on any atom is -0.379 e. The summed E-state index contributed by atoms with van der Waals surface area (Å²) >= 11 is 0. The molecule has 0 N–H and O–H groups in total. The third kappa shape index (κ3) is 6.61. The van der Waals surface area contributed by atoms with Crippen molar-refractivity contribution in [1.29, 1.82) is 0 Å². The fraction of sp³-hybridized carbons (Fsp3) is 0.955. The van der Waals surface area contributed by atoms with Gasteiger partial charge in [0, 0.05) is 25.1 Å². The van der Waals surface area contributed by atoms with Crippen LogP contribution in [-0.2, 0) is 9.53 Å². The van der Waals surface area contributed by atoms with Crippen LogP contribution in [0.1, 0.15) is 73.1 Å². The van der Waals surface area contributed by atoms with Crippen molar-refractivity contribution < 1.29 is 9.53 Å². The van der Waals surface area contributed by atoms with Gasteiger partial charge in [0.05, 0.1) is 5.60 Å². The van der Waals surface area contributed by atoms with Crippen LogP contribution in [0.25, 0.3) is 0 Å². The lowest BCUT2D eigenvalue weighted by molar-refractivity contribution is -0.123. The highest BCUT2D eigenvalue weighted by Crippen LogP contribution is 2.36. The van der Waals surface area contributed by atoms with Gasteiger partial charge < -0.3 is 14.5 Å². The molecular weight excluding hydrogens is 324 g/mol. The van der Waals surface area contributed by atoms with E-state index < -0.39 is 0 Å². The summed E-state index contributed by atoms with van der Waals surface area (Å²) in [6, 6.07) is 1.48. The van der Waals surface area contributed by atoms with E-state index in [2.05, 4.69) is 44.7 Å². The van der Waals surface area contributed by atoms with Crippen LogP contribution in [0.5, 0.6) is 0 Å². The number of carbonyl (C=O) groups excluding carboxylic acids is 1. The third-order valence-corrected chi connectivity index (χ3v) is 6.94. The number of ketones is 1. The van der Waals surface area contributed by atoms with Crippen LogP contribution in [0, 0.1) is 11.8 Å². The van der Waals surface area contributed by atoms with Crippen LogP contribution >= 0.6 is 0 Å². The van der Waals surface area contributed by atoms with E-state index in [1.165, 1.54) is 19.3 Å². The highest BCUT2D eigenvalue weighted by Gasteiger charge is 2.37. The first-order valence-electron chi connectivity index (χ1n) is 10.6. The summed E-state index contributed by atoms with van der Waals surface area (Å²) in [7, 11) is 6.32. The fourth-order valence-corrected chi connectivity index (χ4v) is 4.51. The minimum atomic E-state index is -0.195. The molecule has 1 unspecified atom stereocenters. The van der Waals surface area contributed by atoms with Crippen molar-refractivity contribution in [3.05, 3.63) is 0 Å². The number of Topliss-reactive ketones (excluding diaryl/α,β-unsaturated/α-hetero) is 1. The quantitative estimate of drug-likeness (QED) is 0.487. The average molecular weight is 369 g/mol. The molecule has 4 heteroatoms. The Kier molecular flexibility index (Phi) is 9.77. The van der Waals surface area contributed by atoms with Gasteiger partial charge in [-0.2, -0.15) is 0 Å². The van der Waals surface area contributed by atoms with Crippen molar-refractivity contribution in [2.24, 2.45) is 11.8 Å². The molecule has 0 aromatic carbocycles. The van der Waals surface area contributed by atoms with E-state index in [-0.39, 0.29) is 17.3 Å². The fourth-order valence-electron chi connectivity index (χ4n) is 4.51. The van der Waals surface area contributed by atoms with Gasteiger partial charge in [-0.15, -0.1) is 0 Å². The summed E-state index contributed by atoms with van der Waals surface area (Å²) in [5.74, 6) is 1.17. The minimum absolute atomic E-state index is 0.0727. The molecule has 0 heterocycles. The van der Waals surface area contributed by atoms with Gasteiger partial charge in [0.15, 0.2) is 0 Å². The van der Waals surface area contributed by atoms with Crippen LogP contribution in [0.2, 0.25) is 0 Å². The Balaban J connectivity index is 2.43. The maximum absolute atomic E-state index is 11.6. The number of carbonyl (C=O) groups is 1. The Morgan fingerprint density at radius 2 is 1.88 bits per heavy atom. The van der Waals surface area contributed by atoms with Crippen molar-refractivity contribution in [1.82, 2.24) is 9.80 Å². The van der Waals surface area contributed by atoms with Crippen molar-refractivity contribution >= 4 is 5.78 Å². The van der Waals surface area contributed by atoms with Gasteiger partial charge in [-0.1, -0.05) is 20.8 Å². The molecule has 1 aliphatic carbocycles. The van der Waals surface area contributed by atoms with Gasteiger partial charge in [0.25, 0.3) is 0 Å². The van der Waals surface area contributed by atoms with Gasteiger partial charge in [-0.05, 0) is 85.5 Å². The lowest BCUT2D eigenvalue weighted by Gasteiger charge is -2.47. The van der Waals surface area contributed by atoms with Gasteiger partial charge in [-0.3, -0.25) is 4.79 Å². The monoisotopic (exact) mass is 368 g/mol. The topological polar surface area (TPSA) is 32.8 Å². The largest absolute Gasteiger partial charge is 0.379 e. The van der Waals surface area contributed by atoms with E-state index in [4.69, 9.17) is 4.74 Å². The lowest BCUT2D eigenvalue weighted by Crippen LogP contribution is -2.50. The number of hydrogen-bond donors (Lipinski definition) is 0. The van der Waals surface area contributed by atoms with Crippen LogP contribution in [0.3, 0.4) is 0 Å². The second kappa shape index (κ2) is 10.8. The van der Waals surface area contributed by atoms with Gasteiger partial charge in [0.1, 0.15) is 5.78 Å². The summed E-state index contributed by atoms with van der Waals surface area (Å²) < 4.78 is 5.78. The van der Waals surface area contributed by atoms with Crippen molar-refractivity contribution in [3.63, 3.8) is 0 Å². The number of rotatable bonds is 13. The molecule has 0 amide bonds. The number of hydrogen-bond acceptors (Lipinski definition) is 4. The molecule has 0 spiro atoms. The van der Waals surface area contributed by atoms with E-state index >= 15 is 0 Å². The Labute approximate surface area is 162 Å². The Morgan fingerprint density at radius 1 is 1.27 bits per heavy atom. The number of ether oxygens (including phenoxy) is 1. The number of nitrogens with zero attached hydrogens (tertiary/aromatic N) is 2. The van der Waals surface area contributed by atoms with Crippen LogP contribution in [0.4, 0.5) is 0 Å². The predicted octanol–water partition coefficient (Wildman–Crippen LogP) is 4.23. The van der Waals surface area contributed by atoms with Crippen LogP contribution < -0.4 is 0 Å². The van der Waals surface area contributed by atoms with Crippen molar-refractivity contribution in [2.45, 2.75) is 90.8 Å². The molecule has 1 saturated carbocycles. The second-order valence-corrected chi connectivity index (χ2v) is 8.89. The van der Waals surface area contributed by atoms with E-state index in [9.17, 15) is 4.79 Å². The molecular formula is C22H44N2O2. The Hall–Kier alpha value is -0.450. The van der Waals surface area contributed by atoms with Gasteiger partial charge >= 0.3 is 0 Å². The first-order chi connectivity index (χ1) is 12.2. The van der Waals surface area contributed by atoms with E-state index in [1.807, 2.05) is 6.92 Å². The van der Waals surface area contributed by atoms with Crippen molar-refractivity contribution in [3.8, 4) is 0 Å². The molecule has 1 rings (SSSR count). The van der Waals surface area contributed by atoms with Gasteiger partial charge in [0.2, 0.25) is 0 Å². The third-order valence-electron chi connectivity index (χ3n) is 6.94. The standard InChI is InChI=1S/C22H44N2O2/c1-9-21(19-14-20(15-19)23(6)10-2)24(7)13-11-12-22(5,26-8)16-17(3)18(4)25/h17,19-21H,9-16H2,1-8H3/t17-,19?,20?,21?,22-/m1/s1. The Morgan fingerprint density at radius 3 is 2.35 bits per heavy atom. The molecule has 26 heavy (non-hydrogen) atoms. The molecule has 0 radical (unpaired) electrons. The molecule has 1 aliphatic rings. The molecule has 0 aromatic heterocycles. The summed E-state index contributed by atoms with van der Waals surface area (Å²) in [6.07, 6.45) is 6.86. The van der Waals surface area contributed by atoms with Crippen LogP contribution in [0.15, 0.2) is 0 Å². The smallest absolute Gasteiger partial charge is 0.132 e. The van der Waals surface area contributed by atoms with Gasteiger partial charge in [-0.25, -0.2) is 0 Å². The number of methoxy groups -OCH3 is 1. The Bertz CT molecular complexity index is 422. The zero-order valence-corrected chi connectivity index (χ0v) is 18.7. The highest BCUT2D eigenvalue weighted by molar-refractivity contribution is 5.77. The lowest BCUT2D eigenvalue weighted by atomic mass is 9.73. The maximum atomic E-state index is 11.6. The van der Waals surface area contributed by atoms with E-state index in [1.54, 1.807) is 14.0 Å². The van der Waals surface area contributed by atoms with E-state index in [0.717, 1.165) is 44.3 Å². The maximum Gasteiger partial charge on any atom is 0.132 e. The summed E-state index contributed by atoms with van der Waals surface area (Å²) in [5, 5.41) is 0. The zero-order chi connectivity index (χ0) is 19.9. The molecule has 1 fully saturated rings. The predicted molar refractivity (Wildman–Crippen MR) is 111 cm³/mol. The first kappa shape index (κ1) is 23.6. The molecule has 3 atom stereocenters. The molecule has 0 aliphatic heterocycles. The molecule has 0 aromatic rings. The SMILES string of the molecule is CCC(C1CC(N(C)CC)C1)N(C)CCC[C@](C)(C[C@@H](C)C(C)=O)OC. The normalized spacial score (nSPS) is 25.0. The summed E-state index contributed by atoms with van der Waals surface area (Å²) in [4.78, 5) is 16.6. The molecule has 0 bridgehead atoms. The van der Waals surface area contributed by atoms with Crippen molar-refractivity contribution in [2.75, 3.05) is 34.3 Å². The van der Waals surface area contributed by atoms with Crippen LogP contribution in [-0.4, -0.2) is 67.6 Å². The summed E-state index contributed by atoms with van der Waals surface area (Å²) in [6.45, 7) is 12.7. The zero-order valence-electron chi connectivity index (χ0n) is 18.7. The average Bonchev–Trinajstić information content (AvgIpc) is 2.56. The molecule has 0 saturated heterocycles. The summed E-state index contributed by atoms with van der Waals surface area (Å²) in [5.41, 5.74) is -0.195.